The number of aromatic nitrogens is 1. The van der Waals surface area contributed by atoms with Gasteiger partial charge in [0, 0.05) is 55.8 Å². The number of hydrogen-bond acceptors (Lipinski definition) is 8. The van der Waals surface area contributed by atoms with Crippen molar-refractivity contribution in [1.82, 2.24) is 14.8 Å². The standard InChI is InChI=1S/C23H22N6O3S/c24-13-17-4-6-18(7-5-17)14-27-8-10-28(11-9-27)15-22(30)26-23-25-21(16-33-23)19-2-1-3-20(12-19)29(31)32/h1-7,12,16H,8-11,14-15H2,(H,25,26,30). The Labute approximate surface area is 195 Å². The van der Waals surface area contributed by atoms with Gasteiger partial charge in [-0.15, -0.1) is 11.3 Å². The summed E-state index contributed by atoms with van der Waals surface area (Å²) in [6.07, 6.45) is 0. The van der Waals surface area contributed by atoms with Crippen molar-refractivity contribution in [3.8, 4) is 17.3 Å². The third-order valence-electron chi connectivity index (χ3n) is 5.42. The first-order chi connectivity index (χ1) is 16.0. The minimum absolute atomic E-state index is 0.00408. The van der Waals surface area contributed by atoms with Gasteiger partial charge in [-0.3, -0.25) is 24.7 Å². The molecule has 0 saturated carbocycles. The van der Waals surface area contributed by atoms with Gasteiger partial charge in [0.05, 0.1) is 28.8 Å². The Kier molecular flexibility index (Phi) is 7.04. The number of anilines is 1. The zero-order chi connectivity index (χ0) is 23.2. The van der Waals surface area contributed by atoms with Crippen molar-refractivity contribution in [2.75, 3.05) is 38.0 Å². The summed E-state index contributed by atoms with van der Waals surface area (Å²) in [4.78, 5) is 31.9. The first kappa shape index (κ1) is 22.5. The molecule has 9 nitrogen and oxygen atoms in total. The summed E-state index contributed by atoms with van der Waals surface area (Å²) >= 11 is 1.29. The molecule has 3 aromatic rings. The number of nitrogens with zero attached hydrogens (tertiary/aromatic N) is 5. The number of hydrogen-bond donors (Lipinski definition) is 1. The first-order valence-electron chi connectivity index (χ1n) is 10.4. The maximum atomic E-state index is 12.5. The number of nitriles is 1. The monoisotopic (exact) mass is 462 g/mol. The Morgan fingerprint density at radius 2 is 1.88 bits per heavy atom. The highest BCUT2D eigenvalue weighted by Crippen LogP contribution is 2.27. The molecule has 0 radical (unpaired) electrons. The number of amides is 1. The van der Waals surface area contributed by atoms with E-state index in [1.807, 2.05) is 24.3 Å². The Morgan fingerprint density at radius 1 is 1.15 bits per heavy atom. The van der Waals surface area contributed by atoms with Crippen LogP contribution in [0.3, 0.4) is 0 Å². The summed E-state index contributed by atoms with van der Waals surface area (Å²) in [6.45, 7) is 4.42. The molecular formula is C23H22N6O3S. The van der Waals surface area contributed by atoms with Gasteiger partial charge < -0.3 is 5.32 Å². The van der Waals surface area contributed by atoms with E-state index in [2.05, 4.69) is 26.2 Å². The van der Waals surface area contributed by atoms with Crippen LogP contribution >= 0.6 is 11.3 Å². The third kappa shape index (κ3) is 5.98. The van der Waals surface area contributed by atoms with Crippen molar-refractivity contribution >= 4 is 28.1 Å². The number of nitro benzene ring substituents is 1. The van der Waals surface area contributed by atoms with Gasteiger partial charge in [0.15, 0.2) is 5.13 Å². The Bertz CT molecular complexity index is 1180. The summed E-state index contributed by atoms with van der Waals surface area (Å²) in [5, 5.41) is 25.0. The molecule has 1 saturated heterocycles. The topological polar surface area (TPSA) is 115 Å². The van der Waals surface area contributed by atoms with Crippen LogP contribution < -0.4 is 5.32 Å². The SMILES string of the molecule is N#Cc1ccc(CN2CCN(CC(=O)Nc3nc(-c4cccc([N+](=O)[O-])c4)cs3)CC2)cc1. The minimum Gasteiger partial charge on any atom is -0.301 e. The lowest BCUT2D eigenvalue weighted by Gasteiger charge is -2.34. The summed E-state index contributed by atoms with van der Waals surface area (Å²) in [6, 6.07) is 16.0. The van der Waals surface area contributed by atoms with Gasteiger partial charge in [0.1, 0.15) is 0 Å². The van der Waals surface area contributed by atoms with Crippen LogP contribution in [-0.4, -0.2) is 58.3 Å². The van der Waals surface area contributed by atoms with Crippen LogP contribution in [0, 0.1) is 21.4 Å². The Morgan fingerprint density at radius 3 is 2.58 bits per heavy atom. The highest BCUT2D eigenvalue weighted by molar-refractivity contribution is 7.14. The maximum absolute atomic E-state index is 12.5. The molecule has 1 N–H and O–H groups in total. The molecule has 1 amide bonds. The van der Waals surface area contributed by atoms with E-state index < -0.39 is 4.92 Å². The lowest BCUT2D eigenvalue weighted by atomic mass is 10.1. The molecule has 10 heteroatoms. The zero-order valence-electron chi connectivity index (χ0n) is 17.8. The van der Waals surface area contributed by atoms with Gasteiger partial charge in [-0.05, 0) is 17.7 Å². The highest BCUT2D eigenvalue weighted by Gasteiger charge is 2.20. The molecule has 0 bridgehead atoms. The molecule has 0 aliphatic carbocycles. The smallest absolute Gasteiger partial charge is 0.270 e. The van der Waals surface area contributed by atoms with Crippen molar-refractivity contribution in [2.24, 2.45) is 0 Å². The lowest BCUT2D eigenvalue weighted by molar-refractivity contribution is -0.384. The summed E-state index contributed by atoms with van der Waals surface area (Å²) < 4.78 is 0. The van der Waals surface area contributed by atoms with E-state index in [1.165, 1.54) is 29.0 Å². The van der Waals surface area contributed by atoms with Crippen molar-refractivity contribution in [3.63, 3.8) is 0 Å². The second-order valence-electron chi connectivity index (χ2n) is 7.75. The van der Waals surface area contributed by atoms with E-state index in [9.17, 15) is 14.9 Å². The maximum Gasteiger partial charge on any atom is 0.270 e. The summed E-state index contributed by atoms with van der Waals surface area (Å²) in [5.41, 5.74) is 3.06. The number of non-ortho nitro benzene ring substituents is 1. The molecule has 0 spiro atoms. The predicted molar refractivity (Wildman–Crippen MR) is 126 cm³/mol. The second-order valence-corrected chi connectivity index (χ2v) is 8.61. The molecule has 1 aromatic heterocycles. The largest absolute Gasteiger partial charge is 0.301 e. The van der Waals surface area contributed by atoms with Crippen LogP contribution in [0.25, 0.3) is 11.3 Å². The number of nitro groups is 1. The molecule has 4 rings (SSSR count). The molecular weight excluding hydrogens is 440 g/mol. The third-order valence-corrected chi connectivity index (χ3v) is 6.18. The van der Waals surface area contributed by atoms with Crippen LogP contribution in [0.4, 0.5) is 10.8 Å². The first-order valence-corrected chi connectivity index (χ1v) is 11.3. The molecule has 0 unspecified atom stereocenters. The normalized spacial score (nSPS) is 14.5. The lowest BCUT2D eigenvalue weighted by Crippen LogP contribution is -2.48. The van der Waals surface area contributed by atoms with Gasteiger partial charge in [-0.1, -0.05) is 24.3 Å². The Hall–Kier alpha value is -3.65. The fourth-order valence-electron chi connectivity index (χ4n) is 3.65. The number of carbonyl (C=O) groups excluding carboxylic acids is 1. The fourth-order valence-corrected chi connectivity index (χ4v) is 4.39. The number of benzene rings is 2. The van der Waals surface area contributed by atoms with Crippen LogP contribution in [-0.2, 0) is 11.3 Å². The van der Waals surface area contributed by atoms with Gasteiger partial charge in [0.25, 0.3) is 5.69 Å². The summed E-state index contributed by atoms with van der Waals surface area (Å²) in [7, 11) is 0. The van der Waals surface area contributed by atoms with Crippen LogP contribution in [0.1, 0.15) is 11.1 Å². The quantitative estimate of drug-likeness (QED) is 0.423. The van der Waals surface area contributed by atoms with E-state index >= 15 is 0 Å². The molecule has 168 valence electrons. The number of carbonyl (C=O) groups is 1. The van der Waals surface area contributed by atoms with Gasteiger partial charge in [0.2, 0.25) is 5.91 Å². The molecule has 2 heterocycles. The summed E-state index contributed by atoms with van der Waals surface area (Å²) in [5.74, 6) is -0.129. The van der Waals surface area contributed by atoms with Crippen molar-refractivity contribution < 1.29 is 9.72 Å². The van der Waals surface area contributed by atoms with Gasteiger partial charge in [-0.2, -0.15) is 5.26 Å². The molecule has 1 aliphatic heterocycles. The van der Waals surface area contributed by atoms with Crippen molar-refractivity contribution in [3.05, 3.63) is 75.2 Å². The van der Waals surface area contributed by atoms with E-state index in [0.717, 1.165) is 32.7 Å². The van der Waals surface area contributed by atoms with Gasteiger partial charge in [-0.25, -0.2) is 4.98 Å². The van der Waals surface area contributed by atoms with E-state index in [0.29, 0.717) is 22.0 Å². The molecule has 33 heavy (non-hydrogen) atoms. The van der Waals surface area contributed by atoms with Crippen LogP contribution in [0.2, 0.25) is 0 Å². The molecule has 1 fully saturated rings. The molecule has 0 atom stereocenters. The fraction of sp³-hybridized carbons (Fsp3) is 0.261. The molecule has 1 aliphatic rings. The molecule has 2 aromatic carbocycles. The Balaban J connectivity index is 1.25. The van der Waals surface area contributed by atoms with Crippen LogP contribution in [0.15, 0.2) is 53.9 Å². The highest BCUT2D eigenvalue weighted by atomic mass is 32.1. The van der Waals surface area contributed by atoms with Crippen molar-refractivity contribution in [1.29, 1.82) is 5.26 Å². The zero-order valence-corrected chi connectivity index (χ0v) is 18.6. The van der Waals surface area contributed by atoms with Gasteiger partial charge >= 0.3 is 0 Å². The van der Waals surface area contributed by atoms with E-state index in [1.54, 1.807) is 17.5 Å². The van der Waals surface area contributed by atoms with E-state index in [4.69, 9.17) is 5.26 Å². The van der Waals surface area contributed by atoms with Crippen molar-refractivity contribution in [2.45, 2.75) is 6.54 Å². The second kappa shape index (κ2) is 10.3. The number of nitrogens with one attached hydrogen (secondary N) is 1. The number of piperazine rings is 1. The average Bonchev–Trinajstić information content (AvgIpc) is 3.29. The van der Waals surface area contributed by atoms with E-state index in [-0.39, 0.29) is 18.1 Å². The number of rotatable bonds is 7. The van der Waals surface area contributed by atoms with Crippen LogP contribution in [0.5, 0.6) is 0 Å². The predicted octanol–water partition coefficient (Wildman–Crippen LogP) is 3.35. The average molecular weight is 463 g/mol. The number of thiazole rings is 1. The minimum atomic E-state index is -0.442.